The Balaban J connectivity index is 2.99. The number of alkyl halides is 4. The SMILES string of the molecule is N#CCC(I)c1cccc(C(F)(F)F)c1. The van der Waals surface area contributed by atoms with Crippen LogP contribution in [0.5, 0.6) is 0 Å². The Labute approximate surface area is 99.0 Å². The first-order valence-corrected chi connectivity index (χ1v) is 5.38. The number of nitriles is 1. The summed E-state index contributed by atoms with van der Waals surface area (Å²) >= 11 is 1.96. The lowest BCUT2D eigenvalue weighted by Gasteiger charge is -2.10. The maximum Gasteiger partial charge on any atom is 0.416 e. The molecule has 1 rings (SSSR count). The van der Waals surface area contributed by atoms with Crippen LogP contribution in [-0.4, -0.2) is 0 Å². The molecule has 0 aromatic heterocycles. The number of benzene rings is 1. The minimum atomic E-state index is -4.32. The van der Waals surface area contributed by atoms with Crippen LogP contribution in [0.2, 0.25) is 0 Å². The molecule has 1 aromatic rings. The van der Waals surface area contributed by atoms with Gasteiger partial charge in [0, 0.05) is 3.92 Å². The van der Waals surface area contributed by atoms with Crippen LogP contribution in [-0.2, 0) is 6.18 Å². The van der Waals surface area contributed by atoms with E-state index in [4.69, 9.17) is 5.26 Å². The van der Waals surface area contributed by atoms with E-state index in [9.17, 15) is 13.2 Å². The lowest BCUT2D eigenvalue weighted by molar-refractivity contribution is -0.137. The average molecular weight is 325 g/mol. The molecule has 0 bridgehead atoms. The Morgan fingerprint density at radius 3 is 2.60 bits per heavy atom. The van der Waals surface area contributed by atoms with Crippen molar-refractivity contribution in [1.82, 2.24) is 0 Å². The van der Waals surface area contributed by atoms with Gasteiger partial charge >= 0.3 is 6.18 Å². The number of rotatable bonds is 2. The van der Waals surface area contributed by atoms with E-state index in [-0.39, 0.29) is 10.3 Å². The molecular formula is C10H7F3IN. The zero-order valence-electron chi connectivity index (χ0n) is 7.55. The second-order valence-electron chi connectivity index (χ2n) is 2.95. The van der Waals surface area contributed by atoms with Gasteiger partial charge in [-0.15, -0.1) is 0 Å². The van der Waals surface area contributed by atoms with Crippen molar-refractivity contribution in [3.05, 3.63) is 35.4 Å². The number of hydrogen-bond donors (Lipinski definition) is 0. The predicted molar refractivity (Wildman–Crippen MR) is 58.4 cm³/mol. The van der Waals surface area contributed by atoms with Crippen molar-refractivity contribution >= 4 is 22.6 Å². The second kappa shape index (κ2) is 4.84. The van der Waals surface area contributed by atoms with Gasteiger partial charge in [0.25, 0.3) is 0 Å². The molecule has 15 heavy (non-hydrogen) atoms. The largest absolute Gasteiger partial charge is 0.416 e. The van der Waals surface area contributed by atoms with Gasteiger partial charge in [-0.2, -0.15) is 18.4 Å². The monoisotopic (exact) mass is 325 g/mol. The fourth-order valence-corrected chi connectivity index (χ4v) is 1.69. The second-order valence-corrected chi connectivity index (χ2v) is 4.46. The van der Waals surface area contributed by atoms with E-state index in [1.807, 2.05) is 28.7 Å². The average Bonchev–Trinajstić information content (AvgIpc) is 2.17. The molecule has 1 aromatic carbocycles. The van der Waals surface area contributed by atoms with Gasteiger partial charge in [0.2, 0.25) is 0 Å². The highest BCUT2D eigenvalue weighted by Crippen LogP contribution is 2.33. The predicted octanol–water partition coefficient (Wildman–Crippen LogP) is 4.10. The fraction of sp³-hybridized carbons (Fsp3) is 0.300. The summed E-state index contributed by atoms with van der Waals surface area (Å²) in [7, 11) is 0. The third kappa shape index (κ3) is 3.38. The molecular weight excluding hydrogens is 318 g/mol. The summed E-state index contributed by atoms with van der Waals surface area (Å²) < 4.78 is 36.8. The van der Waals surface area contributed by atoms with E-state index in [1.54, 1.807) is 6.07 Å². The van der Waals surface area contributed by atoms with Crippen LogP contribution in [0, 0.1) is 11.3 Å². The van der Waals surface area contributed by atoms with Crippen LogP contribution < -0.4 is 0 Å². The molecule has 0 spiro atoms. The molecule has 1 unspecified atom stereocenters. The van der Waals surface area contributed by atoms with Crippen LogP contribution in [0.4, 0.5) is 13.2 Å². The van der Waals surface area contributed by atoms with Gasteiger partial charge in [0.05, 0.1) is 18.1 Å². The van der Waals surface area contributed by atoms with E-state index < -0.39 is 11.7 Å². The van der Waals surface area contributed by atoms with E-state index in [1.165, 1.54) is 6.07 Å². The van der Waals surface area contributed by atoms with Crippen molar-refractivity contribution in [2.75, 3.05) is 0 Å². The van der Waals surface area contributed by atoms with E-state index in [0.29, 0.717) is 5.56 Å². The minimum absolute atomic E-state index is 0.199. The summed E-state index contributed by atoms with van der Waals surface area (Å²) in [5.74, 6) is 0. The molecule has 0 aliphatic rings. The fourth-order valence-electron chi connectivity index (χ4n) is 1.11. The van der Waals surface area contributed by atoms with E-state index >= 15 is 0 Å². The third-order valence-corrected chi connectivity index (χ3v) is 3.01. The summed E-state index contributed by atoms with van der Waals surface area (Å²) in [6, 6.07) is 7.02. The molecule has 0 radical (unpaired) electrons. The number of halogens is 4. The molecule has 0 aliphatic carbocycles. The first-order chi connectivity index (χ1) is 6.95. The Morgan fingerprint density at radius 2 is 2.07 bits per heavy atom. The number of nitrogens with zero attached hydrogens (tertiary/aromatic N) is 1. The first kappa shape index (κ1) is 12.3. The lowest BCUT2D eigenvalue weighted by atomic mass is 10.1. The highest BCUT2D eigenvalue weighted by molar-refractivity contribution is 14.1. The Hall–Kier alpha value is -0.770. The van der Waals surface area contributed by atoms with Gasteiger partial charge < -0.3 is 0 Å². The van der Waals surface area contributed by atoms with Crippen molar-refractivity contribution in [3.8, 4) is 6.07 Å². The molecule has 0 saturated carbocycles. The van der Waals surface area contributed by atoms with Gasteiger partial charge in [-0.05, 0) is 11.6 Å². The Kier molecular flexibility index (Phi) is 3.97. The van der Waals surface area contributed by atoms with Crippen LogP contribution in [0.15, 0.2) is 24.3 Å². The highest BCUT2D eigenvalue weighted by atomic mass is 127. The maximum absolute atomic E-state index is 12.3. The molecule has 1 nitrogen and oxygen atoms in total. The molecule has 0 amide bonds. The van der Waals surface area contributed by atoms with Crippen molar-refractivity contribution in [2.45, 2.75) is 16.5 Å². The standard InChI is InChI=1S/C10H7F3IN/c11-10(12,13)8-3-1-2-7(6-8)9(14)4-5-15/h1-3,6,9H,4H2. The maximum atomic E-state index is 12.3. The van der Waals surface area contributed by atoms with Crippen LogP contribution in [0.1, 0.15) is 21.5 Å². The van der Waals surface area contributed by atoms with Crippen molar-refractivity contribution in [2.24, 2.45) is 0 Å². The minimum Gasteiger partial charge on any atom is -0.198 e. The molecule has 1 atom stereocenters. The van der Waals surface area contributed by atoms with Gasteiger partial charge in [-0.3, -0.25) is 0 Å². The van der Waals surface area contributed by atoms with Gasteiger partial charge in [0.15, 0.2) is 0 Å². The molecule has 5 heteroatoms. The van der Waals surface area contributed by atoms with Crippen molar-refractivity contribution in [1.29, 1.82) is 5.26 Å². The lowest BCUT2D eigenvalue weighted by Crippen LogP contribution is -2.05. The molecule has 0 heterocycles. The van der Waals surface area contributed by atoms with E-state index in [0.717, 1.165) is 12.1 Å². The molecule has 0 aliphatic heterocycles. The van der Waals surface area contributed by atoms with Crippen molar-refractivity contribution < 1.29 is 13.2 Å². The Bertz CT molecular complexity index is 381. The van der Waals surface area contributed by atoms with Crippen LogP contribution in [0.3, 0.4) is 0 Å². The van der Waals surface area contributed by atoms with E-state index in [2.05, 4.69) is 0 Å². The highest BCUT2D eigenvalue weighted by Gasteiger charge is 2.30. The summed E-state index contributed by atoms with van der Waals surface area (Å²) in [5, 5.41) is 8.45. The molecule has 0 saturated heterocycles. The van der Waals surface area contributed by atoms with Gasteiger partial charge in [-0.25, -0.2) is 0 Å². The topological polar surface area (TPSA) is 23.8 Å². The molecule has 0 fully saturated rings. The Morgan fingerprint density at radius 1 is 1.40 bits per heavy atom. The van der Waals surface area contributed by atoms with Crippen LogP contribution in [0.25, 0.3) is 0 Å². The smallest absolute Gasteiger partial charge is 0.198 e. The summed E-state index contributed by atoms with van der Waals surface area (Å²) in [6.45, 7) is 0. The number of hydrogen-bond acceptors (Lipinski definition) is 1. The summed E-state index contributed by atoms with van der Waals surface area (Å²) in [6.07, 6.45) is -4.11. The summed E-state index contributed by atoms with van der Waals surface area (Å²) in [4.78, 5) is 0. The molecule has 80 valence electrons. The van der Waals surface area contributed by atoms with Gasteiger partial charge in [0.1, 0.15) is 0 Å². The quantitative estimate of drug-likeness (QED) is 0.593. The first-order valence-electron chi connectivity index (χ1n) is 4.13. The normalized spacial score (nSPS) is 13.3. The zero-order valence-corrected chi connectivity index (χ0v) is 9.71. The van der Waals surface area contributed by atoms with Gasteiger partial charge in [-0.1, -0.05) is 40.8 Å². The molecule has 0 N–H and O–H groups in total. The van der Waals surface area contributed by atoms with Crippen molar-refractivity contribution in [3.63, 3.8) is 0 Å². The zero-order chi connectivity index (χ0) is 11.5. The van der Waals surface area contributed by atoms with Crippen LogP contribution >= 0.6 is 22.6 Å². The summed E-state index contributed by atoms with van der Waals surface area (Å²) in [5.41, 5.74) is -0.133. The third-order valence-electron chi connectivity index (χ3n) is 1.85.